The summed E-state index contributed by atoms with van der Waals surface area (Å²) in [4.78, 5) is 2.41. The van der Waals surface area contributed by atoms with E-state index in [9.17, 15) is 0 Å². The molecule has 0 spiro atoms. The smallest absolute Gasteiger partial charge is 0.0894 e. The van der Waals surface area contributed by atoms with E-state index < -0.39 is 0 Å². The Morgan fingerprint density at radius 1 is 1.20 bits per heavy atom. The van der Waals surface area contributed by atoms with Gasteiger partial charge in [-0.15, -0.1) is 5.10 Å². The zero-order valence-electron chi connectivity index (χ0n) is 11.9. The van der Waals surface area contributed by atoms with Crippen molar-refractivity contribution >= 4 is 5.69 Å². The fourth-order valence-electron chi connectivity index (χ4n) is 2.74. The molecule has 1 saturated heterocycles. The quantitative estimate of drug-likeness (QED) is 0.929. The molecule has 2 aromatic rings. The van der Waals surface area contributed by atoms with Crippen molar-refractivity contribution in [1.82, 2.24) is 19.9 Å². The van der Waals surface area contributed by atoms with Crippen molar-refractivity contribution < 1.29 is 0 Å². The van der Waals surface area contributed by atoms with Gasteiger partial charge in [-0.3, -0.25) is 0 Å². The summed E-state index contributed by atoms with van der Waals surface area (Å²) in [6, 6.07) is 8.81. The van der Waals surface area contributed by atoms with E-state index in [1.165, 1.54) is 25.8 Å². The second-order valence-corrected chi connectivity index (χ2v) is 5.44. The molecule has 1 unspecified atom stereocenters. The van der Waals surface area contributed by atoms with Gasteiger partial charge < -0.3 is 10.2 Å². The van der Waals surface area contributed by atoms with Crippen LogP contribution in [0.15, 0.2) is 36.7 Å². The summed E-state index contributed by atoms with van der Waals surface area (Å²) in [5.41, 5.74) is 2.19. The van der Waals surface area contributed by atoms with Crippen LogP contribution in [0, 0.1) is 0 Å². The van der Waals surface area contributed by atoms with Crippen molar-refractivity contribution in [3.05, 3.63) is 36.7 Å². The molecule has 20 heavy (non-hydrogen) atoms. The molecule has 0 saturated carbocycles. The average molecular weight is 271 g/mol. The highest BCUT2D eigenvalue weighted by Gasteiger charge is 2.16. The normalized spacial score (nSPS) is 20.6. The van der Waals surface area contributed by atoms with E-state index in [-0.39, 0.29) is 0 Å². The molecule has 0 bridgehead atoms. The Hall–Kier alpha value is -1.88. The molecule has 3 rings (SSSR count). The minimum absolute atomic E-state index is 0.532. The summed E-state index contributed by atoms with van der Waals surface area (Å²) in [5, 5.41) is 11.7. The van der Waals surface area contributed by atoms with Gasteiger partial charge in [0.25, 0.3) is 0 Å². The second-order valence-electron chi connectivity index (χ2n) is 5.44. The van der Waals surface area contributed by atoms with Gasteiger partial charge >= 0.3 is 0 Å². The van der Waals surface area contributed by atoms with Crippen molar-refractivity contribution in [2.45, 2.75) is 25.3 Å². The lowest BCUT2D eigenvalue weighted by atomic mass is 10.1. The van der Waals surface area contributed by atoms with E-state index >= 15 is 0 Å². The van der Waals surface area contributed by atoms with E-state index in [0.717, 1.165) is 17.9 Å². The first kappa shape index (κ1) is 13.1. The van der Waals surface area contributed by atoms with Crippen LogP contribution < -0.4 is 5.32 Å². The Bertz CT molecular complexity index is 537. The van der Waals surface area contributed by atoms with Crippen molar-refractivity contribution in [2.24, 2.45) is 0 Å². The SMILES string of the molecule is CN1CCCC(Nc2ccccc2-n2ccnn2)CC1. The highest BCUT2D eigenvalue weighted by Crippen LogP contribution is 2.22. The third kappa shape index (κ3) is 2.99. The summed E-state index contributed by atoms with van der Waals surface area (Å²) < 4.78 is 1.81. The maximum atomic E-state index is 4.09. The predicted molar refractivity (Wildman–Crippen MR) is 80.1 cm³/mol. The molecular formula is C15H21N5. The Labute approximate surface area is 119 Å². The zero-order chi connectivity index (χ0) is 13.8. The van der Waals surface area contributed by atoms with Gasteiger partial charge in [-0.1, -0.05) is 17.3 Å². The molecule has 1 fully saturated rings. The summed E-state index contributed by atoms with van der Waals surface area (Å²) in [5.74, 6) is 0. The van der Waals surface area contributed by atoms with Gasteiger partial charge in [0.15, 0.2) is 0 Å². The van der Waals surface area contributed by atoms with E-state index in [1.54, 1.807) is 6.20 Å². The topological polar surface area (TPSA) is 46.0 Å². The second kappa shape index (κ2) is 6.05. The Balaban J connectivity index is 1.77. The monoisotopic (exact) mass is 271 g/mol. The molecule has 5 heteroatoms. The predicted octanol–water partition coefficient (Wildman–Crippen LogP) is 2.16. The molecule has 1 aromatic carbocycles. The molecule has 0 aliphatic carbocycles. The van der Waals surface area contributed by atoms with Crippen molar-refractivity contribution in [3.8, 4) is 5.69 Å². The van der Waals surface area contributed by atoms with E-state index in [2.05, 4.69) is 45.8 Å². The number of likely N-dealkylation sites (tertiary alicyclic amines) is 1. The Morgan fingerprint density at radius 3 is 2.95 bits per heavy atom. The number of aromatic nitrogens is 3. The van der Waals surface area contributed by atoms with Crippen LogP contribution in [0.3, 0.4) is 0 Å². The average Bonchev–Trinajstić information content (AvgIpc) is 2.91. The van der Waals surface area contributed by atoms with Crippen LogP contribution in [0.2, 0.25) is 0 Å². The molecule has 1 aliphatic rings. The number of anilines is 1. The van der Waals surface area contributed by atoms with Gasteiger partial charge in [-0.05, 0) is 51.5 Å². The van der Waals surface area contributed by atoms with Crippen LogP contribution in [0.4, 0.5) is 5.69 Å². The van der Waals surface area contributed by atoms with E-state index in [1.807, 2.05) is 16.9 Å². The molecule has 1 aromatic heterocycles. The number of nitrogens with zero attached hydrogens (tertiary/aromatic N) is 4. The van der Waals surface area contributed by atoms with Gasteiger partial charge in [-0.2, -0.15) is 0 Å². The van der Waals surface area contributed by atoms with Gasteiger partial charge in [0.1, 0.15) is 0 Å². The molecule has 106 valence electrons. The van der Waals surface area contributed by atoms with Crippen LogP contribution in [0.25, 0.3) is 5.69 Å². The number of para-hydroxylation sites is 2. The Morgan fingerprint density at radius 2 is 2.10 bits per heavy atom. The van der Waals surface area contributed by atoms with Gasteiger partial charge in [0, 0.05) is 6.04 Å². The summed E-state index contributed by atoms with van der Waals surface area (Å²) in [6.07, 6.45) is 7.23. The summed E-state index contributed by atoms with van der Waals surface area (Å²) in [7, 11) is 2.20. The summed E-state index contributed by atoms with van der Waals surface area (Å²) >= 11 is 0. The van der Waals surface area contributed by atoms with Crippen molar-refractivity contribution in [2.75, 3.05) is 25.5 Å². The molecule has 1 atom stereocenters. The van der Waals surface area contributed by atoms with Crippen LogP contribution >= 0.6 is 0 Å². The maximum Gasteiger partial charge on any atom is 0.0894 e. The largest absolute Gasteiger partial charge is 0.381 e. The minimum atomic E-state index is 0.532. The number of benzene rings is 1. The van der Waals surface area contributed by atoms with Crippen LogP contribution in [-0.4, -0.2) is 46.1 Å². The van der Waals surface area contributed by atoms with Gasteiger partial charge in [-0.25, -0.2) is 4.68 Å². The van der Waals surface area contributed by atoms with E-state index in [4.69, 9.17) is 0 Å². The third-order valence-electron chi connectivity index (χ3n) is 3.88. The van der Waals surface area contributed by atoms with Crippen LogP contribution in [0.5, 0.6) is 0 Å². The standard InChI is InChI=1S/C15H21N5/c1-19-10-4-5-13(8-11-19)17-14-6-2-3-7-15(14)20-12-9-16-18-20/h2-3,6-7,9,12-13,17H,4-5,8,10-11H2,1H3. The minimum Gasteiger partial charge on any atom is -0.381 e. The molecule has 5 nitrogen and oxygen atoms in total. The summed E-state index contributed by atoms with van der Waals surface area (Å²) in [6.45, 7) is 2.35. The fourth-order valence-corrected chi connectivity index (χ4v) is 2.74. The fraction of sp³-hybridized carbons (Fsp3) is 0.467. The first-order valence-corrected chi connectivity index (χ1v) is 7.24. The highest BCUT2D eigenvalue weighted by atomic mass is 15.4. The first-order valence-electron chi connectivity index (χ1n) is 7.24. The maximum absolute atomic E-state index is 4.09. The first-order chi connectivity index (χ1) is 9.83. The van der Waals surface area contributed by atoms with Crippen LogP contribution in [0.1, 0.15) is 19.3 Å². The van der Waals surface area contributed by atoms with Crippen molar-refractivity contribution in [1.29, 1.82) is 0 Å². The lowest BCUT2D eigenvalue weighted by molar-refractivity contribution is 0.348. The lowest BCUT2D eigenvalue weighted by Gasteiger charge is -2.20. The van der Waals surface area contributed by atoms with Crippen molar-refractivity contribution in [3.63, 3.8) is 0 Å². The number of hydrogen-bond donors (Lipinski definition) is 1. The Kier molecular flexibility index (Phi) is 3.97. The number of hydrogen-bond acceptors (Lipinski definition) is 4. The zero-order valence-corrected chi connectivity index (χ0v) is 11.9. The van der Waals surface area contributed by atoms with Gasteiger partial charge in [0.2, 0.25) is 0 Å². The molecule has 0 radical (unpaired) electrons. The van der Waals surface area contributed by atoms with E-state index in [0.29, 0.717) is 6.04 Å². The van der Waals surface area contributed by atoms with Gasteiger partial charge in [0.05, 0.1) is 23.8 Å². The molecule has 1 N–H and O–H groups in total. The number of rotatable bonds is 3. The third-order valence-corrected chi connectivity index (χ3v) is 3.88. The lowest BCUT2D eigenvalue weighted by Crippen LogP contribution is -2.23. The molecule has 0 amide bonds. The molecule has 2 heterocycles. The number of nitrogens with one attached hydrogen (secondary N) is 1. The highest BCUT2D eigenvalue weighted by molar-refractivity contribution is 5.60. The molecular weight excluding hydrogens is 250 g/mol. The van der Waals surface area contributed by atoms with Crippen LogP contribution in [-0.2, 0) is 0 Å². The molecule has 1 aliphatic heterocycles.